The average molecular weight is 269 g/mol. The van der Waals surface area contributed by atoms with Gasteiger partial charge in [0.05, 0.1) is 17.8 Å². The van der Waals surface area contributed by atoms with Crippen molar-refractivity contribution >= 4 is 23.2 Å². The van der Waals surface area contributed by atoms with E-state index >= 15 is 0 Å². The van der Waals surface area contributed by atoms with Crippen LogP contribution in [-0.4, -0.2) is 9.78 Å². The summed E-state index contributed by atoms with van der Waals surface area (Å²) < 4.78 is 1.35. The quantitative estimate of drug-likeness (QED) is 0.840. The van der Waals surface area contributed by atoms with E-state index in [2.05, 4.69) is 5.10 Å². The van der Waals surface area contributed by atoms with Gasteiger partial charge in [-0.2, -0.15) is 5.10 Å². The molecular formula is C12H10Cl2N2O. The van der Waals surface area contributed by atoms with E-state index in [-0.39, 0.29) is 5.56 Å². The summed E-state index contributed by atoms with van der Waals surface area (Å²) in [5, 5.41) is 4.99. The van der Waals surface area contributed by atoms with Crippen molar-refractivity contribution in [2.45, 2.75) is 13.5 Å². The van der Waals surface area contributed by atoms with Gasteiger partial charge >= 0.3 is 0 Å². The van der Waals surface area contributed by atoms with Crippen molar-refractivity contribution in [1.29, 1.82) is 0 Å². The summed E-state index contributed by atoms with van der Waals surface area (Å²) in [6.07, 6.45) is 1.47. The van der Waals surface area contributed by atoms with E-state index in [1.165, 1.54) is 10.9 Å². The fourth-order valence-corrected chi connectivity index (χ4v) is 1.79. The molecule has 0 atom stereocenters. The molecule has 1 aromatic heterocycles. The summed E-state index contributed by atoms with van der Waals surface area (Å²) in [7, 11) is 0. The molecule has 0 bridgehead atoms. The molecule has 0 aliphatic heterocycles. The van der Waals surface area contributed by atoms with Crippen molar-refractivity contribution in [3.8, 4) is 0 Å². The van der Waals surface area contributed by atoms with Gasteiger partial charge in [-0.15, -0.1) is 0 Å². The van der Waals surface area contributed by atoms with E-state index in [1.807, 2.05) is 18.2 Å². The Hall–Kier alpha value is -1.32. The molecule has 0 N–H and O–H groups in total. The first-order valence-electron chi connectivity index (χ1n) is 5.05. The molecule has 1 heterocycles. The number of nitrogens with zero attached hydrogens (tertiary/aromatic N) is 2. The summed E-state index contributed by atoms with van der Waals surface area (Å²) in [6.45, 7) is 2.02. The maximum Gasteiger partial charge on any atom is 0.271 e. The van der Waals surface area contributed by atoms with Crippen molar-refractivity contribution in [2.24, 2.45) is 0 Å². The molecule has 88 valence electrons. The Bertz CT molecular complexity index is 608. The Labute approximate surface area is 109 Å². The minimum absolute atomic E-state index is 0.197. The third kappa shape index (κ3) is 2.51. The zero-order valence-electron chi connectivity index (χ0n) is 9.15. The van der Waals surface area contributed by atoms with Crippen LogP contribution < -0.4 is 5.56 Å². The zero-order valence-corrected chi connectivity index (χ0v) is 10.7. The number of benzene rings is 1. The fourth-order valence-electron chi connectivity index (χ4n) is 1.47. The van der Waals surface area contributed by atoms with Crippen molar-refractivity contribution in [3.05, 3.63) is 62.0 Å². The standard InChI is InChI=1S/C12H10Cl2N2O/c1-8-11(14)6-15-16(12(8)17)7-9-4-2-3-5-10(9)13/h2-6H,7H2,1H3. The number of hydrogen-bond acceptors (Lipinski definition) is 2. The molecule has 5 heteroatoms. The molecule has 0 aliphatic rings. The molecule has 0 fully saturated rings. The highest BCUT2D eigenvalue weighted by atomic mass is 35.5. The van der Waals surface area contributed by atoms with E-state index < -0.39 is 0 Å². The lowest BCUT2D eigenvalue weighted by Crippen LogP contribution is -2.25. The van der Waals surface area contributed by atoms with Crippen molar-refractivity contribution in [3.63, 3.8) is 0 Å². The summed E-state index contributed by atoms with van der Waals surface area (Å²) in [5.41, 5.74) is 1.15. The zero-order chi connectivity index (χ0) is 12.4. The molecule has 17 heavy (non-hydrogen) atoms. The SMILES string of the molecule is Cc1c(Cl)cnn(Cc2ccccc2Cl)c1=O. The highest BCUT2D eigenvalue weighted by Gasteiger charge is 2.07. The Morgan fingerprint density at radius 3 is 2.65 bits per heavy atom. The molecule has 1 aromatic carbocycles. The second-order valence-electron chi connectivity index (χ2n) is 3.67. The highest BCUT2D eigenvalue weighted by molar-refractivity contribution is 6.31. The van der Waals surface area contributed by atoms with E-state index in [9.17, 15) is 4.79 Å². The minimum Gasteiger partial charge on any atom is -0.267 e. The van der Waals surface area contributed by atoms with Gasteiger partial charge in [-0.1, -0.05) is 41.4 Å². The van der Waals surface area contributed by atoms with E-state index in [4.69, 9.17) is 23.2 Å². The van der Waals surface area contributed by atoms with Gasteiger partial charge in [0.15, 0.2) is 0 Å². The predicted molar refractivity (Wildman–Crippen MR) is 68.8 cm³/mol. The molecule has 0 saturated heterocycles. The number of hydrogen-bond donors (Lipinski definition) is 0. The van der Waals surface area contributed by atoms with Gasteiger partial charge in [-0.25, -0.2) is 4.68 Å². The summed E-state index contributed by atoms with van der Waals surface area (Å²) in [4.78, 5) is 11.9. The normalized spacial score (nSPS) is 10.5. The average Bonchev–Trinajstić information content (AvgIpc) is 2.32. The minimum atomic E-state index is -0.197. The van der Waals surface area contributed by atoms with Crippen LogP contribution >= 0.6 is 23.2 Å². The fraction of sp³-hybridized carbons (Fsp3) is 0.167. The first-order chi connectivity index (χ1) is 8.09. The first-order valence-corrected chi connectivity index (χ1v) is 5.81. The van der Waals surface area contributed by atoms with Crippen molar-refractivity contribution in [1.82, 2.24) is 9.78 Å². The number of aromatic nitrogens is 2. The van der Waals surface area contributed by atoms with Gasteiger partial charge in [-0.05, 0) is 18.6 Å². The topological polar surface area (TPSA) is 34.9 Å². The Morgan fingerprint density at radius 2 is 1.94 bits per heavy atom. The van der Waals surface area contributed by atoms with Gasteiger partial charge in [0, 0.05) is 10.6 Å². The number of rotatable bonds is 2. The molecule has 2 rings (SSSR count). The summed E-state index contributed by atoms with van der Waals surface area (Å²) >= 11 is 11.8. The maximum absolute atomic E-state index is 11.9. The Morgan fingerprint density at radius 1 is 1.24 bits per heavy atom. The third-order valence-electron chi connectivity index (χ3n) is 2.50. The van der Waals surface area contributed by atoms with Gasteiger partial charge in [-0.3, -0.25) is 4.79 Å². The van der Waals surface area contributed by atoms with Crippen LogP contribution in [0.4, 0.5) is 0 Å². The Balaban J connectivity index is 2.41. The van der Waals surface area contributed by atoms with E-state index in [0.717, 1.165) is 5.56 Å². The molecule has 0 amide bonds. The smallest absolute Gasteiger partial charge is 0.267 e. The van der Waals surface area contributed by atoms with E-state index in [1.54, 1.807) is 13.0 Å². The summed E-state index contributed by atoms with van der Waals surface area (Å²) in [5.74, 6) is 0. The lowest BCUT2D eigenvalue weighted by atomic mass is 10.2. The van der Waals surface area contributed by atoms with Crippen LogP contribution in [0.3, 0.4) is 0 Å². The lowest BCUT2D eigenvalue weighted by molar-refractivity contribution is 0.634. The molecule has 0 saturated carbocycles. The second kappa shape index (κ2) is 4.90. The lowest BCUT2D eigenvalue weighted by Gasteiger charge is -2.07. The Kier molecular flexibility index (Phi) is 3.50. The van der Waals surface area contributed by atoms with Gasteiger partial charge in [0.2, 0.25) is 0 Å². The van der Waals surface area contributed by atoms with Crippen molar-refractivity contribution in [2.75, 3.05) is 0 Å². The van der Waals surface area contributed by atoms with Crippen LogP contribution in [0.25, 0.3) is 0 Å². The summed E-state index contributed by atoms with van der Waals surface area (Å²) in [6, 6.07) is 7.36. The van der Waals surface area contributed by atoms with Crippen LogP contribution in [0, 0.1) is 6.92 Å². The number of halogens is 2. The molecule has 0 radical (unpaired) electrons. The largest absolute Gasteiger partial charge is 0.271 e. The highest BCUT2D eigenvalue weighted by Crippen LogP contribution is 2.15. The molecular weight excluding hydrogens is 259 g/mol. The van der Waals surface area contributed by atoms with Gasteiger partial charge in [0.25, 0.3) is 5.56 Å². The molecule has 2 aromatic rings. The van der Waals surface area contributed by atoms with Crippen molar-refractivity contribution < 1.29 is 0 Å². The van der Waals surface area contributed by atoms with Gasteiger partial charge in [0.1, 0.15) is 0 Å². The van der Waals surface area contributed by atoms with Crippen LogP contribution in [0.15, 0.2) is 35.3 Å². The third-order valence-corrected chi connectivity index (χ3v) is 3.25. The van der Waals surface area contributed by atoms with Crippen LogP contribution in [0.2, 0.25) is 10.0 Å². The molecule has 0 aliphatic carbocycles. The van der Waals surface area contributed by atoms with Crippen LogP contribution in [0.1, 0.15) is 11.1 Å². The van der Waals surface area contributed by atoms with Crippen LogP contribution in [0.5, 0.6) is 0 Å². The van der Waals surface area contributed by atoms with E-state index in [0.29, 0.717) is 22.2 Å². The molecule has 3 nitrogen and oxygen atoms in total. The predicted octanol–water partition coefficient (Wildman–Crippen LogP) is 2.91. The molecule has 0 unspecified atom stereocenters. The van der Waals surface area contributed by atoms with Gasteiger partial charge < -0.3 is 0 Å². The van der Waals surface area contributed by atoms with Crippen LogP contribution in [-0.2, 0) is 6.54 Å². The second-order valence-corrected chi connectivity index (χ2v) is 4.49. The monoisotopic (exact) mass is 268 g/mol. The molecule has 0 spiro atoms. The maximum atomic E-state index is 11.9. The first kappa shape index (κ1) is 12.1.